The van der Waals surface area contributed by atoms with Crippen LogP contribution in [0.4, 0.5) is 0 Å². The molecule has 2 aromatic heterocycles. The molecule has 0 unspecified atom stereocenters. The summed E-state index contributed by atoms with van der Waals surface area (Å²) in [4.78, 5) is 0. The highest BCUT2D eigenvalue weighted by Crippen LogP contribution is 2.46. The summed E-state index contributed by atoms with van der Waals surface area (Å²) in [5.74, 6) is 1.90. The van der Waals surface area contributed by atoms with E-state index in [1.807, 2.05) is 12.1 Å². The molecular weight excluding hydrogens is 817 g/mol. The van der Waals surface area contributed by atoms with Crippen molar-refractivity contribution in [1.82, 2.24) is 9.13 Å². The monoisotopic (exact) mass is 870 g/mol. The number of hydrogen-bond acceptors (Lipinski definition) is 4. The van der Waals surface area contributed by atoms with Gasteiger partial charge in [0.2, 0.25) is 0 Å². The number of fused-ring (bicyclic) bond motifs is 6. The van der Waals surface area contributed by atoms with Crippen molar-refractivity contribution in [3.8, 4) is 56.6 Å². The van der Waals surface area contributed by atoms with Crippen LogP contribution in [0.1, 0.15) is 36.1 Å². The summed E-state index contributed by atoms with van der Waals surface area (Å²) in [7, 11) is -2.24. The maximum absolute atomic E-state index is 12.3. The van der Waals surface area contributed by atoms with Crippen molar-refractivity contribution in [3.05, 3.63) is 180 Å². The summed E-state index contributed by atoms with van der Waals surface area (Å²) in [6.45, 7) is 12.8. The zero-order valence-electron chi connectivity index (χ0n) is 37.9. The summed E-state index contributed by atoms with van der Waals surface area (Å²) < 4.78 is 18.3. The quantitative estimate of drug-likeness (QED) is 0.120. The number of rotatable bonds is 12. The van der Waals surface area contributed by atoms with Crippen LogP contribution in [-0.4, -0.2) is 39.9 Å². The van der Waals surface area contributed by atoms with Gasteiger partial charge in [0.1, 0.15) is 31.1 Å². The van der Waals surface area contributed by atoms with Crippen LogP contribution in [0.5, 0.6) is 23.0 Å². The Morgan fingerprint density at radius 1 is 0.400 bits per heavy atom. The van der Waals surface area contributed by atoms with E-state index in [1.54, 1.807) is 0 Å². The van der Waals surface area contributed by atoms with Crippen molar-refractivity contribution in [2.45, 2.75) is 53.6 Å². The van der Waals surface area contributed by atoms with Gasteiger partial charge in [0.25, 0.3) is 0 Å². The molecule has 0 fully saturated rings. The molecule has 6 nitrogen and oxygen atoms in total. The average Bonchev–Trinajstić information content (AvgIpc) is 3.84. The van der Waals surface area contributed by atoms with E-state index >= 15 is 0 Å². The maximum Gasteiger partial charge on any atom is 0.147 e. The summed E-state index contributed by atoms with van der Waals surface area (Å²) in [6, 6.07) is 56.2. The van der Waals surface area contributed by atoms with E-state index < -0.39 is 8.07 Å². The zero-order valence-corrected chi connectivity index (χ0v) is 38.9. The fourth-order valence-corrected chi connectivity index (χ4v) is 12.1. The Balaban J connectivity index is 0.982. The minimum absolute atomic E-state index is 0.211. The highest BCUT2D eigenvalue weighted by Gasteiger charge is 2.33. The molecule has 0 amide bonds. The molecular formula is C58H54N2O4Si. The summed E-state index contributed by atoms with van der Waals surface area (Å²) >= 11 is 0. The minimum Gasteiger partial charge on any atom is -0.505 e. The Kier molecular flexibility index (Phi) is 10.7. The smallest absolute Gasteiger partial charge is 0.147 e. The number of phenols is 2. The van der Waals surface area contributed by atoms with Gasteiger partial charge in [0.05, 0.1) is 45.9 Å². The van der Waals surface area contributed by atoms with Gasteiger partial charge < -0.3 is 28.8 Å². The van der Waals surface area contributed by atoms with E-state index in [2.05, 4.69) is 196 Å². The molecule has 324 valence electrons. The highest BCUT2D eigenvalue weighted by atomic mass is 28.3. The van der Waals surface area contributed by atoms with Gasteiger partial charge in [0, 0.05) is 43.8 Å². The van der Waals surface area contributed by atoms with E-state index in [1.165, 1.54) is 0 Å². The number of ether oxygens (including phenoxy) is 2. The fraction of sp³-hybridized carbons (Fsp3) is 0.172. The molecule has 8 aromatic carbocycles. The molecule has 0 spiro atoms. The van der Waals surface area contributed by atoms with E-state index in [9.17, 15) is 10.2 Å². The first kappa shape index (κ1) is 41.8. The van der Waals surface area contributed by atoms with Crippen molar-refractivity contribution < 1.29 is 19.7 Å². The number of aryl methyl sites for hydroxylation is 4. The van der Waals surface area contributed by atoms with Crippen LogP contribution < -0.4 is 9.47 Å². The first-order chi connectivity index (χ1) is 31.6. The van der Waals surface area contributed by atoms with Gasteiger partial charge in [-0.3, -0.25) is 0 Å². The largest absolute Gasteiger partial charge is 0.505 e. The van der Waals surface area contributed by atoms with Crippen molar-refractivity contribution in [1.29, 1.82) is 0 Å². The molecule has 0 aliphatic rings. The second kappa shape index (κ2) is 16.7. The van der Waals surface area contributed by atoms with Crippen molar-refractivity contribution >= 4 is 51.7 Å². The number of hydrogen-bond donors (Lipinski definition) is 2. The number of phenolic OH excluding ortho intramolecular Hbond substituents is 2. The SMILES string of the molecule is CC[Si](CC)(COc1ccc(C)cc1-c1cc(C)cc(-n2c3ccccc3c3ccccc32)c1O)COc1ccc(C)cc1-c1cc(C)cc(-n2c3ccccc3c3ccccc32)c1O. The van der Waals surface area contributed by atoms with Gasteiger partial charge in [0.15, 0.2) is 0 Å². The zero-order chi connectivity index (χ0) is 45.0. The van der Waals surface area contributed by atoms with Gasteiger partial charge >= 0.3 is 0 Å². The van der Waals surface area contributed by atoms with E-state index in [4.69, 9.17) is 9.47 Å². The van der Waals surface area contributed by atoms with Gasteiger partial charge in [-0.2, -0.15) is 0 Å². The van der Waals surface area contributed by atoms with Crippen LogP contribution in [-0.2, 0) is 0 Å². The lowest BCUT2D eigenvalue weighted by Crippen LogP contribution is -2.46. The van der Waals surface area contributed by atoms with Crippen LogP contribution in [0, 0.1) is 27.7 Å². The van der Waals surface area contributed by atoms with Crippen LogP contribution in [0.2, 0.25) is 12.1 Å². The molecule has 0 bridgehead atoms. The topological polar surface area (TPSA) is 68.8 Å². The molecule has 0 saturated heterocycles. The van der Waals surface area contributed by atoms with Crippen LogP contribution in [0.25, 0.3) is 77.2 Å². The first-order valence-electron chi connectivity index (χ1n) is 22.7. The number of benzene rings is 8. The van der Waals surface area contributed by atoms with E-state index in [0.717, 1.165) is 123 Å². The third kappa shape index (κ3) is 7.30. The molecule has 2 N–H and O–H groups in total. The summed E-state index contributed by atoms with van der Waals surface area (Å²) in [6.07, 6.45) is 1.08. The lowest BCUT2D eigenvalue weighted by Gasteiger charge is -2.30. The second-order valence-corrected chi connectivity index (χ2v) is 22.9. The number of nitrogens with zero attached hydrogens (tertiary/aromatic N) is 2. The Hall–Kier alpha value is -7.22. The molecule has 0 aliphatic heterocycles. The first-order valence-corrected chi connectivity index (χ1v) is 25.5. The fourth-order valence-electron chi connectivity index (χ4n) is 9.76. The Morgan fingerprint density at radius 3 is 1.06 bits per heavy atom. The molecule has 10 rings (SSSR count). The van der Waals surface area contributed by atoms with Crippen molar-refractivity contribution in [2.75, 3.05) is 12.5 Å². The van der Waals surface area contributed by atoms with Crippen molar-refractivity contribution in [2.24, 2.45) is 0 Å². The minimum atomic E-state index is -2.24. The molecule has 0 aliphatic carbocycles. The van der Waals surface area contributed by atoms with Gasteiger partial charge in [-0.1, -0.05) is 122 Å². The van der Waals surface area contributed by atoms with Crippen molar-refractivity contribution in [3.63, 3.8) is 0 Å². The molecule has 10 aromatic rings. The Labute approximate surface area is 381 Å². The molecule has 0 saturated carbocycles. The predicted molar refractivity (Wildman–Crippen MR) is 272 cm³/mol. The molecule has 0 radical (unpaired) electrons. The predicted octanol–water partition coefficient (Wildman–Crippen LogP) is 14.9. The van der Waals surface area contributed by atoms with Gasteiger partial charge in [-0.05, 0) is 112 Å². The Bertz CT molecular complexity index is 3120. The summed E-state index contributed by atoms with van der Waals surface area (Å²) in [5.41, 5.74) is 13.1. The highest BCUT2D eigenvalue weighted by molar-refractivity contribution is 6.79. The average molecular weight is 871 g/mol. The molecule has 7 heteroatoms. The molecule has 65 heavy (non-hydrogen) atoms. The molecule has 2 heterocycles. The van der Waals surface area contributed by atoms with Gasteiger partial charge in [-0.25, -0.2) is 0 Å². The van der Waals surface area contributed by atoms with Crippen LogP contribution in [0.3, 0.4) is 0 Å². The Morgan fingerprint density at radius 2 is 0.723 bits per heavy atom. The standard InChI is InChI=1S/C58H54N2O4Si/c1-7-65(8-2,35-63-55-27-25-37(3)29-45(55)47-31-39(5)33-53(57(47)61)59-49-21-13-9-17-41(49)42-18-10-14-22-50(42)59)36-64-56-28-26-38(4)30-46(56)48-32-40(6)34-54(58(48)62)60-51-23-15-11-19-43(51)44-20-12-16-24-52(44)60/h9-34,61-62H,7-8,35-36H2,1-6H3. The van der Waals surface area contributed by atoms with Gasteiger partial charge in [-0.15, -0.1) is 0 Å². The third-order valence-corrected chi connectivity index (χ3v) is 18.0. The molecule has 0 atom stereocenters. The second-order valence-electron chi connectivity index (χ2n) is 17.9. The van der Waals surface area contributed by atoms with Crippen LogP contribution >= 0.6 is 0 Å². The van der Waals surface area contributed by atoms with Crippen LogP contribution in [0.15, 0.2) is 158 Å². The lowest BCUT2D eigenvalue weighted by molar-refractivity contribution is 0.342. The van der Waals surface area contributed by atoms with E-state index in [-0.39, 0.29) is 11.5 Å². The maximum atomic E-state index is 12.3. The number of aromatic nitrogens is 2. The summed E-state index contributed by atoms with van der Waals surface area (Å²) in [5, 5.41) is 29.2. The number of para-hydroxylation sites is 4. The normalized spacial score (nSPS) is 11.9. The number of aromatic hydroxyl groups is 2. The third-order valence-electron chi connectivity index (χ3n) is 13.5. The lowest BCUT2D eigenvalue weighted by atomic mass is 9.98. The van der Waals surface area contributed by atoms with E-state index in [0.29, 0.717) is 12.5 Å².